The molecule has 2 saturated heterocycles. The average molecular weight is 403 g/mol. The zero-order chi connectivity index (χ0) is 21.2. The van der Waals surface area contributed by atoms with E-state index in [0.717, 1.165) is 16.2 Å². The van der Waals surface area contributed by atoms with E-state index in [9.17, 15) is 24.5 Å². The number of ketones is 1. The number of carbonyl (C=O) groups excluding carboxylic acids is 3. The summed E-state index contributed by atoms with van der Waals surface area (Å²) in [6.45, 7) is 1.44. The second kappa shape index (κ2) is 6.35. The van der Waals surface area contributed by atoms with Crippen LogP contribution in [0.15, 0.2) is 54.6 Å². The van der Waals surface area contributed by atoms with Crippen LogP contribution in [0.25, 0.3) is 6.08 Å². The molecule has 2 fully saturated rings. The van der Waals surface area contributed by atoms with Gasteiger partial charge in [-0.05, 0) is 30.7 Å². The van der Waals surface area contributed by atoms with Gasteiger partial charge in [-0.25, -0.2) is 4.90 Å². The van der Waals surface area contributed by atoms with E-state index in [1.165, 1.54) is 31.2 Å². The first-order chi connectivity index (χ1) is 14.4. The van der Waals surface area contributed by atoms with Crippen LogP contribution in [0.2, 0.25) is 0 Å². The Morgan fingerprint density at radius 1 is 1.00 bits per heavy atom. The van der Waals surface area contributed by atoms with Crippen LogP contribution in [0.5, 0.6) is 0 Å². The summed E-state index contributed by atoms with van der Waals surface area (Å²) in [7, 11) is 0. The highest BCUT2D eigenvalue weighted by Gasteiger charge is 2.63. The Balaban J connectivity index is 1.58. The molecule has 30 heavy (non-hydrogen) atoms. The van der Waals surface area contributed by atoms with Gasteiger partial charge < -0.3 is 4.90 Å². The van der Waals surface area contributed by atoms with Gasteiger partial charge in [0.25, 0.3) is 5.69 Å². The van der Waals surface area contributed by atoms with Crippen molar-refractivity contribution in [2.24, 2.45) is 11.8 Å². The molecule has 8 nitrogen and oxygen atoms in total. The fourth-order valence-electron chi connectivity index (χ4n) is 4.95. The van der Waals surface area contributed by atoms with E-state index < -0.39 is 34.7 Å². The van der Waals surface area contributed by atoms with Gasteiger partial charge in [0.1, 0.15) is 6.04 Å². The molecule has 0 spiro atoms. The number of Topliss-reactive ketones (excluding diaryl/α,β-unsaturated/α-hetero) is 1. The Hall–Kier alpha value is -3.81. The van der Waals surface area contributed by atoms with Gasteiger partial charge in [-0.15, -0.1) is 0 Å². The summed E-state index contributed by atoms with van der Waals surface area (Å²) < 4.78 is 0. The van der Waals surface area contributed by atoms with Crippen LogP contribution < -0.4 is 9.80 Å². The number of hydrogen-bond acceptors (Lipinski definition) is 6. The van der Waals surface area contributed by atoms with Crippen molar-refractivity contribution in [2.45, 2.75) is 19.0 Å². The molecule has 0 radical (unpaired) electrons. The van der Waals surface area contributed by atoms with Crippen LogP contribution >= 0.6 is 0 Å². The molecule has 0 aliphatic carbocycles. The van der Waals surface area contributed by atoms with Crippen molar-refractivity contribution in [3.8, 4) is 0 Å². The van der Waals surface area contributed by atoms with E-state index in [4.69, 9.17) is 0 Å². The normalized spacial score (nSPS) is 26.4. The van der Waals surface area contributed by atoms with Crippen LogP contribution in [-0.4, -0.2) is 34.6 Å². The molecule has 2 aromatic carbocycles. The largest absolute Gasteiger partial charge is 0.353 e. The van der Waals surface area contributed by atoms with E-state index >= 15 is 0 Å². The number of rotatable bonds is 3. The van der Waals surface area contributed by atoms with Gasteiger partial charge in [0.15, 0.2) is 5.78 Å². The molecule has 3 aliphatic rings. The lowest BCUT2D eigenvalue weighted by Crippen LogP contribution is -2.48. The van der Waals surface area contributed by atoms with E-state index in [1.807, 2.05) is 41.3 Å². The molecule has 5 rings (SSSR count). The maximum absolute atomic E-state index is 13.4. The summed E-state index contributed by atoms with van der Waals surface area (Å²) in [4.78, 5) is 52.7. The molecule has 4 atom stereocenters. The Labute approximate surface area is 171 Å². The van der Waals surface area contributed by atoms with Gasteiger partial charge in [0.05, 0.1) is 28.5 Å². The monoisotopic (exact) mass is 403 g/mol. The third kappa shape index (κ3) is 2.36. The van der Waals surface area contributed by atoms with Gasteiger partial charge >= 0.3 is 0 Å². The topological polar surface area (TPSA) is 101 Å². The summed E-state index contributed by atoms with van der Waals surface area (Å²) in [5, 5.41) is 10.9. The number of para-hydroxylation sites is 1. The van der Waals surface area contributed by atoms with Crippen molar-refractivity contribution in [1.29, 1.82) is 0 Å². The SMILES string of the molecule is CC(=O)[C@H]1[C@@H]2C(=O)N(c3ccc([N+](=O)[O-])cc3)C(=O)[C@@H]2[C@H]2C=Cc3ccccc3N21. The fourth-order valence-corrected chi connectivity index (χ4v) is 4.95. The van der Waals surface area contributed by atoms with Crippen LogP contribution in [0.4, 0.5) is 17.1 Å². The smallest absolute Gasteiger partial charge is 0.269 e. The lowest BCUT2D eigenvalue weighted by molar-refractivity contribution is -0.384. The molecule has 2 amide bonds. The lowest BCUT2D eigenvalue weighted by Gasteiger charge is -2.36. The predicted octanol–water partition coefficient (Wildman–Crippen LogP) is 2.57. The Morgan fingerprint density at radius 2 is 1.67 bits per heavy atom. The summed E-state index contributed by atoms with van der Waals surface area (Å²) in [6.07, 6.45) is 3.80. The zero-order valence-electron chi connectivity index (χ0n) is 16.0. The molecule has 0 bridgehead atoms. The summed E-state index contributed by atoms with van der Waals surface area (Å²) >= 11 is 0. The molecule has 8 heteroatoms. The number of amides is 2. The van der Waals surface area contributed by atoms with E-state index in [2.05, 4.69) is 0 Å². The van der Waals surface area contributed by atoms with Crippen LogP contribution in [-0.2, 0) is 14.4 Å². The van der Waals surface area contributed by atoms with Crippen molar-refractivity contribution in [3.63, 3.8) is 0 Å². The fraction of sp³-hybridized carbons (Fsp3) is 0.227. The second-order valence-corrected chi connectivity index (χ2v) is 7.71. The van der Waals surface area contributed by atoms with Gasteiger partial charge in [-0.2, -0.15) is 0 Å². The Kier molecular flexibility index (Phi) is 3.86. The van der Waals surface area contributed by atoms with Gasteiger partial charge in [0.2, 0.25) is 11.8 Å². The molecule has 0 saturated carbocycles. The highest BCUT2D eigenvalue weighted by atomic mass is 16.6. The number of nitro groups is 1. The van der Waals surface area contributed by atoms with Gasteiger partial charge in [-0.3, -0.25) is 24.5 Å². The van der Waals surface area contributed by atoms with Crippen molar-refractivity contribution < 1.29 is 19.3 Å². The molecule has 0 aromatic heterocycles. The predicted molar refractivity (Wildman–Crippen MR) is 109 cm³/mol. The number of nitro benzene ring substituents is 1. The minimum atomic E-state index is -0.800. The number of anilines is 2. The summed E-state index contributed by atoms with van der Waals surface area (Å²) in [6, 6.07) is 11.7. The molecular weight excluding hydrogens is 386 g/mol. The number of hydrogen-bond donors (Lipinski definition) is 0. The first kappa shape index (κ1) is 18.2. The van der Waals surface area contributed by atoms with Crippen LogP contribution in [0.1, 0.15) is 12.5 Å². The maximum Gasteiger partial charge on any atom is 0.269 e. The lowest BCUT2D eigenvalue weighted by atomic mass is 9.88. The first-order valence-electron chi connectivity index (χ1n) is 9.58. The highest BCUT2D eigenvalue weighted by Crippen LogP contribution is 2.49. The third-order valence-corrected chi connectivity index (χ3v) is 6.15. The van der Waals surface area contributed by atoms with Gasteiger partial charge in [0, 0.05) is 17.8 Å². The average Bonchev–Trinajstić information content (AvgIpc) is 3.21. The number of nitrogens with zero attached hydrogens (tertiary/aromatic N) is 3. The molecule has 0 unspecified atom stereocenters. The highest BCUT2D eigenvalue weighted by molar-refractivity contribution is 6.24. The van der Waals surface area contributed by atoms with E-state index in [1.54, 1.807) is 0 Å². The van der Waals surface area contributed by atoms with Crippen molar-refractivity contribution in [3.05, 3.63) is 70.3 Å². The van der Waals surface area contributed by atoms with Crippen molar-refractivity contribution in [2.75, 3.05) is 9.80 Å². The zero-order valence-corrected chi connectivity index (χ0v) is 16.0. The molecule has 150 valence electrons. The van der Waals surface area contributed by atoms with Crippen LogP contribution in [0.3, 0.4) is 0 Å². The Bertz CT molecular complexity index is 1140. The van der Waals surface area contributed by atoms with Crippen molar-refractivity contribution in [1.82, 2.24) is 0 Å². The maximum atomic E-state index is 13.4. The third-order valence-electron chi connectivity index (χ3n) is 6.15. The molecule has 3 heterocycles. The minimum absolute atomic E-state index is 0.127. The van der Waals surface area contributed by atoms with Crippen molar-refractivity contribution >= 4 is 40.7 Å². The minimum Gasteiger partial charge on any atom is -0.353 e. The summed E-state index contributed by atoms with van der Waals surface area (Å²) in [5.74, 6) is -2.50. The number of benzene rings is 2. The van der Waals surface area contributed by atoms with E-state index in [-0.39, 0.29) is 23.1 Å². The van der Waals surface area contributed by atoms with Crippen LogP contribution in [0, 0.1) is 22.0 Å². The number of imide groups is 1. The van der Waals surface area contributed by atoms with Gasteiger partial charge in [-0.1, -0.05) is 30.4 Å². The standard InChI is InChI=1S/C22H17N3O5/c1-12(26)20-19-18(17-11-6-13-4-2-3-5-16(13)24(17)20)21(27)23(22(19)28)14-7-9-15(10-8-14)25(29)30/h2-11,17-20H,1H3/t17-,18-,19-,20+/m1/s1. The van der Waals surface area contributed by atoms with E-state index in [0.29, 0.717) is 0 Å². The number of non-ortho nitro benzene ring substituents is 1. The molecule has 0 N–H and O–H groups in total. The number of carbonyl (C=O) groups is 3. The Morgan fingerprint density at radius 3 is 2.33 bits per heavy atom. The summed E-state index contributed by atoms with van der Waals surface area (Å²) in [5.41, 5.74) is 1.92. The molecule has 3 aliphatic heterocycles. The molecule has 2 aromatic rings. The molecular formula is C22H17N3O5. The second-order valence-electron chi connectivity index (χ2n) is 7.71. The number of fused-ring (bicyclic) bond motifs is 5. The first-order valence-corrected chi connectivity index (χ1v) is 9.58. The quantitative estimate of drug-likeness (QED) is 0.444.